The molecule has 0 aliphatic heterocycles. The zero-order chi connectivity index (χ0) is 9.68. The molecule has 0 aliphatic rings. The SMILES string of the molecule is CCC(=O)C=C(Cl)c1ccccc1.Cl. The molecular formula is C11H12Cl2O. The maximum Gasteiger partial charge on any atom is 0.156 e. The summed E-state index contributed by atoms with van der Waals surface area (Å²) in [6.45, 7) is 1.81. The Hall–Kier alpha value is -0.790. The number of carbonyl (C=O) groups is 1. The van der Waals surface area contributed by atoms with Crippen LogP contribution in [0.25, 0.3) is 5.03 Å². The minimum atomic E-state index is 0. The normalized spacial score (nSPS) is 10.6. The number of rotatable bonds is 3. The molecule has 1 rings (SSSR count). The predicted octanol–water partition coefficient (Wildman–Crippen LogP) is 3.67. The van der Waals surface area contributed by atoms with Gasteiger partial charge in [-0.3, -0.25) is 4.79 Å². The second-order valence-electron chi connectivity index (χ2n) is 2.68. The lowest BCUT2D eigenvalue weighted by Gasteiger charge is -1.96. The first-order chi connectivity index (χ1) is 6.24. The molecule has 0 fully saturated rings. The Labute approximate surface area is 95.2 Å². The largest absolute Gasteiger partial charge is 0.295 e. The quantitative estimate of drug-likeness (QED) is 0.725. The molecule has 0 saturated heterocycles. The molecule has 0 amide bonds. The zero-order valence-corrected chi connectivity index (χ0v) is 9.44. The third kappa shape index (κ3) is 3.95. The Balaban J connectivity index is 0.00000169. The molecular weight excluding hydrogens is 219 g/mol. The van der Waals surface area contributed by atoms with Gasteiger partial charge in [-0.25, -0.2) is 0 Å². The van der Waals surface area contributed by atoms with Crippen LogP contribution in [0.3, 0.4) is 0 Å². The van der Waals surface area contributed by atoms with Gasteiger partial charge in [-0.2, -0.15) is 0 Å². The van der Waals surface area contributed by atoms with Gasteiger partial charge in [-0.05, 0) is 5.56 Å². The summed E-state index contributed by atoms with van der Waals surface area (Å²) in [6.07, 6.45) is 1.96. The number of benzene rings is 1. The third-order valence-corrected chi connectivity index (χ3v) is 2.01. The standard InChI is InChI=1S/C11H11ClO.ClH/c1-2-10(13)8-11(12)9-6-4-3-5-7-9;/h3-8H,2H2,1H3;1H. The molecule has 0 aliphatic carbocycles. The lowest BCUT2D eigenvalue weighted by Crippen LogP contribution is -1.89. The molecule has 0 radical (unpaired) electrons. The molecule has 0 spiro atoms. The monoisotopic (exact) mass is 230 g/mol. The van der Waals surface area contributed by atoms with E-state index in [-0.39, 0.29) is 18.2 Å². The van der Waals surface area contributed by atoms with E-state index in [0.29, 0.717) is 11.5 Å². The van der Waals surface area contributed by atoms with E-state index in [4.69, 9.17) is 11.6 Å². The van der Waals surface area contributed by atoms with Crippen molar-refractivity contribution in [2.75, 3.05) is 0 Å². The van der Waals surface area contributed by atoms with Crippen LogP contribution in [0.1, 0.15) is 18.9 Å². The molecule has 0 atom stereocenters. The van der Waals surface area contributed by atoms with Crippen molar-refractivity contribution in [3.8, 4) is 0 Å². The number of halogens is 2. The molecule has 0 aromatic heterocycles. The van der Waals surface area contributed by atoms with E-state index >= 15 is 0 Å². The maximum absolute atomic E-state index is 11.0. The van der Waals surface area contributed by atoms with Crippen molar-refractivity contribution in [2.45, 2.75) is 13.3 Å². The Bertz CT molecular complexity index is 317. The van der Waals surface area contributed by atoms with E-state index in [9.17, 15) is 4.79 Å². The van der Waals surface area contributed by atoms with Crippen molar-refractivity contribution >= 4 is 34.8 Å². The summed E-state index contributed by atoms with van der Waals surface area (Å²) in [5.74, 6) is 0.0499. The van der Waals surface area contributed by atoms with E-state index in [2.05, 4.69) is 0 Å². The molecule has 3 heteroatoms. The summed E-state index contributed by atoms with van der Waals surface area (Å²) in [5, 5.41) is 0.507. The van der Waals surface area contributed by atoms with Gasteiger partial charge in [0.1, 0.15) is 0 Å². The van der Waals surface area contributed by atoms with Gasteiger partial charge < -0.3 is 0 Å². The summed E-state index contributed by atoms with van der Waals surface area (Å²) < 4.78 is 0. The molecule has 76 valence electrons. The molecule has 0 unspecified atom stereocenters. The summed E-state index contributed by atoms with van der Waals surface area (Å²) in [7, 11) is 0. The van der Waals surface area contributed by atoms with Crippen LogP contribution in [-0.4, -0.2) is 5.78 Å². The van der Waals surface area contributed by atoms with E-state index in [1.807, 2.05) is 37.3 Å². The summed E-state index contributed by atoms with van der Waals surface area (Å²) in [6, 6.07) is 9.45. The topological polar surface area (TPSA) is 17.1 Å². The zero-order valence-electron chi connectivity index (χ0n) is 7.87. The maximum atomic E-state index is 11.0. The molecule has 1 aromatic rings. The van der Waals surface area contributed by atoms with Crippen molar-refractivity contribution in [3.63, 3.8) is 0 Å². The summed E-state index contributed by atoms with van der Waals surface area (Å²) >= 11 is 5.92. The first kappa shape index (κ1) is 13.2. The first-order valence-electron chi connectivity index (χ1n) is 4.19. The molecule has 1 nitrogen and oxygen atoms in total. The summed E-state index contributed by atoms with van der Waals surface area (Å²) in [4.78, 5) is 11.0. The Morgan fingerprint density at radius 3 is 2.43 bits per heavy atom. The average molecular weight is 231 g/mol. The highest BCUT2D eigenvalue weighted by atomic mass is 35.5. The van der Waals surface area contributed by atoms with Gasteiger partial charge in [-0.15, -0.1) is 12.4 Å². The lowest BCUT2D eigenvalue weighted by molar-refractivity contribution is -0.114. The van der Waals surface area contributed by atoms with Crippen molar-refractivity contribution in [3.05, 3.63) is 42.0 Å². The van der Waals surface area contributed by atoms with Crippen molar-refractivity contribution in [2.24, 2.45) is 0 Å². The minimum Gasteiger partial charge on any atom is -0.295 e. The van der Waals surface area contributed by atoms with Crippen LogP contribution in [-0.2, 0) is 4.79 Å². The molecule has 1 aromatic carbocycles. The number of carbonyl (C=O) groups excluding carboxylic acids is 1. The second-order valence-corrected chi connectivity index (χ2v) is 3.09. The fraction of sp³-hybridized carbons (Fsp3) is 0.182. The van der Waals surface area contributed by atoms with Gasteiger partial charge in [0.2, 0.25) is 0 Å². The van der Waals surface area contributed by atoms with Gasteiger partial charge in [0, 0.05) is 12.5 Å². The van der Waals surface area contributed by atoms with Crippen LogP contribution < -0.4 is 0 Å². The van der Waals surface area contributed by atoms with Gasteiger partial charge in [0.15, 0.2) is 5.78 Å². The van der Waals surface area contributed by atoms with Crippen LogP contribution in [0, 0.1) is 0 Å². The fourth-order valence-electron chi connectivity index (χ4n) is 0.924. The fourth-order valence-corrected chi connectivity index (χ4v) is 1.17. The van der Waals surface area contributed by atoms with E-state index < -0.39 is 0 Å². The van der Waals surface area contributed by atoms with Crippen LogP contribution in [0.5, 0.6) is 0 Å². The number of hydrogen-bond donors (Lipinski definition) is 0. The first-order valence-corrected chi connectivity index (χ1v) is 4.57. The third-order valence-electron chi connectivity index (χ3n) is 1.69. The van der Waals surface area contributed by atoms with Crippen molar-refractivity contribution in [1.29, 1.82) is 0 Å². The number of hydrogen-bond acceptors (Lipinski definition) is 1. The number of allylic oxidation sites excluding steroid dienone is 1. The Morgan fingerprint density at radius 2 is 1.93 bits per heavy atom. The van der Waals surface area contributed by atoms with Crippen molar-refractivity contribution in [1.82, 2.24) is 0 Å². The van der Waals surface area contributed by atoms with E-state index in [1.165, 1.54) is 6.08 Å². The van der Waals surface area contributed by atoms with Gasteiger partial charge in [-0.1, -0.05) is 48.9 Å². The second kappa shape index (κ2) is 6.63. The molecule has 0 N–H and O–H groups in total. The lowest BCUT2D eigenvalue weighted by atomic mass is 10.2. The van der Waals surface area contributed by atoms with Crippen LogP contribution >= 0.6 is 24.0 Å². The van der Waals surface area contributed by atoms with Gasteiger partial charge >= 0.3 is 0 Å². The molecule has 0 saturated carbocycles. The molecule has 14 heavy (non-hydrogen) atoms. The van der Waals surface area contributed by atoms with Gasteiger partial charge in [0.25, 0.3) is 0 Å². The van der Waals surface area contributed by atoms with Crippen LogP contribution in [0.2, 0.25) is 0 Å². The van der Waals surface area contributed by atoms with E-state index in [0.717, 1.165) is 5.56 Å². The molecule has 0 bridgehead atoms. The Kier molecular flexibility index (Phi) is 6.26. The highest BCUT2D eigenvalue weighted by Gasteiger charge is 1.99. The average Bonchev–Trinajstić information content (AvgIpc) is 2.19. The predicted molar refractivity (Wildman–Crippen MR) is 62.8 cm³/mol. The Morgan fingerprint density at radius 1 is 1.36 bits per heavy atom. The molecule has 0 heterocycles. The van der Waals surface area contributed by atoms with Crippen LogP contribution in [0.4, 0.5) is 0 Å². The number of ketones is 1. The highest BCUT2D eigenvalue weighted by molar-refractivity contribution is 6.50. The van der Waals surface area contributed by atoms with Crippen LogP contribution in [0.15, 0.2) is 36.4 Å². The minimum absolute atomic E-state index is 0. The van der Waals surface area contributed by atoms with Gasteiger partial charge in [0.05, 0.1) is 5.03 Å². The summed E-state index contributed by atoms with van der Waals surface area (Å²) in [5.41, 5.74) is 0.881. The van der Waals surface area contributed by atoms with Crippen molar-refractivity contribution < 1.29 is 4.79 Å². The smallest absolute Gasteiger partial charge is 0.156 e. The van der Waals surface area contributed by atoms with E-state index in [1.54, 1.807) is 0 Å². The highest BCUT2D eigenvalue weighted by Crippen LogP contribution is 2.18.